The Bertz CT molecular complexity index is 670. The largest absolute Gasteiger partial charge is 0.481 e. The average Bonchev–Trinajstić information content (AvgIpc) is 2.91. The maximum absolute atomic E-state index is 5.14. The average molecular weight is 475 g/mol. The molecule has 0 saturated heterocycles. The van der Waals surface area contributed by atoms with E-state index in [0.717, 1.165) is 41.7 Å². The predicted molar refractivity (Wildman–Crippen MR) is 114 cm³/mol. The fourth-order valence-electron chi connectivity index (χ4n) is 2.11. The van der Waals surface area contributed by atoms with Gasteiger partial charge in [-0.3, -0.25) is 0 Å². The molecule has 0 aliphatic heterocycles. The Morgan fingerprint density at radius 3 is 2.76 bits per heavy atom. The van der Waals surface area contributed by atoms with Gasteiger partial charge in [0.15, 0.2) is 5.96 Å². The SMILES string of the molecule is CCNC(=NCc1ccnc(OC)c1)NCCc1nc(C)c(C)s1.I. The molecule has 2 heterocycles. The Morgan fingerprint density at radius 2 is 2.12 bits per heavy atom. The van der Waals surface area contributed by atoms with Gasteiger partial charge in [0.05, 0.1) is 24.4 Å². The van der Waals surface area contributed by atoms with Crippen LogP contribution in [-0.4, -0.2) is 36.1 Å². The van der Waals surface area contributed by atoms with Crippen molar-refractivity contribution in [1.82, 2.24) is 20.6 Å². The van der Waals surface area contributed by atoms with Crippen LogP contribution in [0.25, 0.3) is 0 Å². The smallest absolute Gasteiger partial charge is 0.213 e. The predicted octanol–water partition coefficient (Wildman–Crippen LogP) is 3.08. The molecule has 0 bridgehead atoms. The molecule has 2 aromatic heterocycles. The second kappa shape index (κ2) is 11.2. The van der Waals surface area contributed by atoms with Crippen molar-refractivity contribution in [3.05, 3.63) is 39.5 Å². The van der Waals surface area contributed by atoms with E-state index in [0.29, 0.717) is 12.4 Å². The summed E-state index contributed by atoms with van der Waals surface area (Å²) in [7, 11) is 1.61. The van der Waals surface area contributed by atoms with Gasteiger partial charge in [0.2, 0.25) is 5.88 Å². The van der Waals surface area contributed by atoms with Crippen molar-refractivity contribution in [2.45, 2.75) is 33.7 Å². The number of guanidine groups is 1. The number of pyridine rings is 1. The van der Waals surface area contributed by atoms with Crippen LogP contribution in [-0.2, 0) is 13.0 Å². The van der Waals surface area contributed by atoms with Gasteiger partial charge in [-0.1, -0.05) is 0 Å². The molecule has 0 amide bonds. The van der Waals surface area contributed by atoms with Gasteiger partial charge in [-0.05, 0) is 32.4 Å². The van der Waals surface area contributed by atoms with Crippen LogP contribution >= 0.6 is 35.3 Å². The van der Waals surface area contributed by atoms with Crippen molar-refractivity contribution in [3.63, 3.8) is 0 Å². The zero-order chi connectivity index (χ0) is 17.4. The van der Waals surface area contributed by atoms with E-state index in [-0.39, 0.29) is 24.0 Å². The first-order valence-corrected chi connectivity index (χ1v) is 8.88. The lowest BCUT2D eigenvalue weighted by Gasteiger charge is -2.10. The third-order valence-corrected chi connectivity index (χ3v) is 4.61. The fraction of sp³-hybridized carbons (Fsp3) is 0.471. The molecule has 0 unspecified atom stereocenters. The molecule has 0 radical (unpaired) electrons. The number of ether oxygens (including phenoxy) is 1. The highest BCUT2D eigenvalue weighted by Gasteiger charge is 2.04. The third kappa shape index (κ3) is 7.15. The molecule has 2 rings (SSSR count). The lowest BCUT2D eigenvalue weighted by molar-refractivity contribution is 0.397. The maximum Gasteiger partial charge on any atom is 0.213 e. The van der Waals surface area contributed by atoms with Crippen LogP contribution < -0.4 is 15.4 Å². The van der Waals surface area contributed by atoms with Crippen LogP contribution in [0.5, 0.6) is 5.88 Å². The van der Waals surface area contributed by atoms with E-state index in [1.165, 1.54) is 4.88 Å². The Hall–Kier alpha value is -1.42. The van der Waals surface area contributed by atoms with Gasteiger partial charge >= 0.3 is 0 Å². The number of aryl methyl sites for hydroxylation is 2. The molecule has 2 aromatic rings. The lowest BCUT2D eigenvalue weighted by atomic mass is 10.3. The molecule has 0 aliphatic rings. The van der Waals surface area contributed by atoms with Gasteiger partial charge in [-0.2, -0.15) is 0 Å². The number of nitrogens with one attached hydrogen (secondary N) is 2. The lowest BCUT2D eigenvalue weighted by Crippen LogP contribution is -2.38. The van der Waals surface area contributed by atoms with E-state index in [2.05, 4.69) is 46.4 Å². The van der Waals surface area contributed by atoms with Gasteiger partial charge in [-0.15, -0.1) is 35.3 Å². The molecule has 0 fully saturated rings. The van der Waals surface area contributed by atoms with Crippen LogP contribution in [0.3, 0.4) is 0 Å². The summed E-state index contributed by atoms with van der Waals surface area (Å²) in [6.45, 7) is 8.42. The Kier molecular flexibility index (Phi) is 9.73. The zero-order valence-corrected chi connectivity index (χ0v) is 18.3. The summed E-state index contributed by atoms with van der Waals surface area (Å²) in [5, 5.41) is 7.77. The van der Waals surface area contributed by atoms with E-state index >= 15 is 0 Å². The second-order valence-electron chi connectivity index (χ2n) is 5.33. The highest BCUT2D eigenvalue weighted by molar-refractivity contribution is 14.0. The Balaban J connectivity index is 0.00000312. The zero-order valence-electron chi connectivity index (χ0n) is 15.1. The van der Waals surface area contributed by atoms with Crippen molar-refractivity contribution in [1.29, 1.82) is 0 Å². The van der Waals surface area contributed by atoms with Gasteiger partial charge in [0.25, 0.3) is 0 Å². The standard InChI is InChI=1S/C17H25N5OS.HI/c1-5-18-17(20-9-7-16-22-12(2)13(3)24-16)21-11-14-6-8-19-15(10-14)23-4;/h6,8,10H,5,7,9,11H2,1-4H3,(H2,18,20,21);1H. The minimum Gasteiger partial charge on any atom is -0.481 e. The highest BCUT2D eigenvalue weighted by Crippen LogP contribution is 2.16. The van der Waals surface area contributed by atoms with E-state index in [9.17, 15) is 0 Å². The summed E-state index contributed by atoms with van der Waals surface area (Å²) >= 11 is 1.76. The minimum absolute atomic E-state index is 0. The molecule has 25 heavy (non-hydrogen) atoms. The molecule has 8 heteroatoms. The molecule has 2 N–H and O–H groups in total. The van der Waals surface area contributed by atoms with E-state index in [1.54, 1.807) is 24.6 Å². The first-order chi connectivity index (χ1) is 11.6. The molecule has 0 atom stereocenters. The molecule has 138 valence electrons. The normalized spacial score (nSPS) is 11.0. The number of methoxy groups -OCH3 is 1. The number of halogens is 1. The Morgan fingerprint density at radius 1 is 1.32 bits per heavy atom. The number of aromatic nitrogens is 2. The third-order valence-electron chi connectivity index (χ3n) is 3.48. The second-order valence-corrected chi connectivity index (χ2v) is 6.62. The summed E-state index contributed by atoms with van der Waals surface area (Å²) in [5.41, 5.74) is 2.19. The monoisotopic (exact) mass is 475 g/mol. The molecule has 0 aliphatic carbocycles. The number of hydrogen-bond donors (Lipinski definition) is 2. The number of rotatable bonds is 7. The highest BCUT2D eigenvalue weighted by atomic mass is 127. The maximum atomic E-state index is 5.14. The molecule has 0 saturated carbocycles. The van der Waals surface area contributed by atoms with Crippen molar-refractivity contribution in [2.24, 2.45) is 4.99 Å². The van der Waals surface area contributed by atoms with Crippen molar-refractivity contribution in [2.75, 3.05) is 20.2 Å². The van der Waals surface area contributed by atoms with Crippen molar-refractivity contribution in [3.8, 4) is 5.88 Å². The summed E-state index contributed by atoms with van der Waals surface area (Å²) in [6, 6.07) is 3.84. The topological polar surface area (TPSA) is 71.4 Å². The van der Waals surface area contributed by atoms with E-state index < -0.39 is 0 Å². The van der Waals surface area contributed by atoms with Gasteiger partial charge < -0.3 is 15.4 Å². The van der Waals surface area contributed by atoms with Gasteiger partial charge in [-0.25, -0.2) is 15.0 Å². The van der Waals surface area contributed by atoms with Crippen LogP contribution in [0.1, 0.15) is 28.1 Å². The number of thiazole rings is 1. The molecule has 6 nitrogen and oxygen atoms in total. The van der Waals surface area contributed by atoms with Crippen LogP contribution in [0.2, 0.25) is 0 Å². The van der Waals surface area contributed by atoms with Crippen molar-refractivity contribution < 1.29 is 4.74 Å². The first-order valence-electron chi connectivity index (χ1n) is 8.06. The van der Waals surface area contributed by atoms with E-state index in [1.807, 2.05) is 12.1 Å². The summed E-state index contributed by atoms with van der Waals surface area (Å²) in [5.74, 6) is 1.41. The quantitative estimate of drug-likeness (QED) is 0.366. The molecular formula is C17H26IN5OS. The number of nitrogens with zero attached hydrogens (tertiary/aromatic N) is 3. The van der Waals surface area contributed by atoms with Crippen molar-refractivity contribution >= 4 is 41.3 Å². The van der Waals surface area contributed by atoms with Crippen LogP contribution in [0.4, 0.5) is 0 Å². The minimum atomic E-state index is 0. The molecular weight excluding hydrogens is 449 g/mol. The molecule has 0 spiro atoms. The Labute approximate surface area is 170 Å². The van der Waals surface area contributed by atoms with Gasteiger partial charge in [0, 0.05) is 36.7 Å². The van der Waals surface area contributed by atoms with Crippen LogP contribution in [0, 0.1) is 13.8 Å². The van der Waals surface area contributed by atoms with Gasteiger partial charge in [0.1, 0.15) is 0 Å². The molecule has 0 aromatic carbocycles. The number of hydrogen-bond acceptors (Lipinski definition) is 5. The fourth-order valence-corrected chi connectivity index (χ4v) is 3.04. The first kappa shape index (κ1) is 21.6. The number of aliphatic imine (C=N–C) groups is 1. The van der Waals surface area contributed by atoms with E-state index in [4.69, 9.17) is 4.74 Å². The summed E-state index contributed by atoms with van der Waals surface area (Å²) in [4.78, 5) is 14.6. The summed E-state index contributed by atoms with van der Waals surface area (Å²) in [6.07, 6.45) is 2.63. The summed E-state index contributed by atoms with van der Waals surface area (Å²) < 4.78 is 5.14. The van der Waals surface area contributed by atoms with Crippen LogP contribution in [0.15, 0.2) is 23.3 Å².